The van der Waals surface area contributed by atoms with E-state index in [1.165, 1.54) is 20.1 Å². The molecule has 4 rings (SSSR count). The minimum atomic E-state index is -5.10. The molecule has 0 saturated heterocycles. The fourth-order valence-corrected chi connectivity index (χ4v) is 3.55. The third-order valence-electron chi connectivity index (χ3n) is 5.03. The van der Waals surface area contributed by atoms with Crippen LogP contribution in [0.4, 0.5) is 19.1 Å². The van der Waals surface area contributed by atoms with Crippen molar-refractivity contribution in [2.75, 3.05) is 12.4 Å². The second kappa shape index (κ2) is 6.75. The Balaban J connectivity index is 1.96. The quantitative estimate of drug-likeness (QED) is 0.680. The lowest BCUT2D eigenvalue weighted by molar-refractivity contribution is -0.217. The van der Waals surface area contributed by atoms with Crippen molar-refractivity contribution in [1.29, 1.82) is 0 Å². The number of hydrogen-bond donors (Lipinski definition) is 2. The van der Waals surface area contributed by atoms with E-state index < -0.39 is 23.7 Å². The van der Waals surface area contributed by atoms with Crippen molar-refractivity contribution < 1.29 is 27.5 Å². The Morgan fingerprint density at radius 1 is 1.23 bits per heavy atom. The molecule has 0 fully saturated rings. The Morgan fingerprint density at radius 3 is 2.53 bits per heavy atom. The van der Waals surface area contributed by atoms with Gasteiger partial charge in [0.1, 0.15) is 5.75 Å². The molecule has 0 aliphatic carbocycles. The summed E-state index contributed by atoms with van der Waals surface area (Å²) in [5.74, 6) is -1.98. The van der Waals surface area contributed by atoms with Crippen LogP contribution in [0.25, 0.3) is 22.2 Å². The number of alkyl halides is 3. The average Bonchev–Trinajstić information content (AvgIpc) is 3.21. The molecule has 0 spiro atoms. The number of benzene rings is 2. The molecule has 2 amide bonds. The molecule has 0 radical (unpaired) electrons. The summed E-state index contributed by atoms with van der Waals surface area (Å²) in [7, 11) is 1.53. The predicted molar refractivity (Wildman–Crippen MR) is 103 cm³/mol. The lowest BCUT2D eigenvalue weighted by atomic mass is 10.0. The number of amides is 2. The number of carbonyl (C=O) groups excluding carboxylic acids is 2. The predicted octanol–water partition coefficient (Wildman–Crippen LogP) is 3.41. The lowest BCUT2D eigenvalue weighted by Gasteiger charge is -2.31. The van der Waals surface area contributed by atoms with Crippen LogP contribution in [0.5, 0.6) is 5.75 Å². The highest BCUT2D eigenvalue weighted by Crippen LogP contribution is 2.45. The molecular weight excluding hydrogens is 401 g/mol. The zero-order chi connectivity index (χ0) is 21.7. The highest BCUT2D eigenvalue weighted by atomic mass is 19.4. The minimum Gasteiger partial charge on any atom is -0.497 e. The number of para-hydroxylation sites is 1. The fourth-order valence-electron chi connectivity index (χ4n) is 3.55. The van der Waals surface area contributed by atoms with Gasteiger partial charge in [0, 0.05) is 12.0 Å². The largest absolute Gasteiger partial charge is 0.497 e. The number of anilines is 1. The van der Waals surface area contributed by atoms with Crippen molar-refractivity contribution in [2.45, 2.75) is 25.2 Å². The molecule has 1 aliphatic rings. The van der Waals surface area contributed by atoms with Gasteiger partial charge in [-0.15, -0.1) is 0 Å². The van der Waals surface area contributed by atoms with E-state index in [2.05, 4.69) is 10.3 Å². The molecule has 7 nitrogen and oxygen atoms in total. The molecule has 2 N–H and O–H groups in total. The Hall–Kier alpha value is -3.56. The van der Waals surface area contributed by atoms with Gasteiger partial charge in [0.25, 0.3) is 11.6 Å². The summed E-state index contributed by atoms with van der Waals surface area (Å²) >= 11 is 0. The van der Waals surface area contributed by atoms with E-state index in [9.17, 15) is 22.8 Å². The number of imidazole rings is 1. The number of nitrogens with zero attached hydrogens (tertiary/aromatic N) is 2. The Kier molecular flexibility index (Phi) is 4.44. The molecule has 3 aromatic rings. The lowest BCUT2D eigenvalue weighted by Crippen LogP contribution is -2.63. The summed E-state index contributed by atoms with van der Waals surface area (Å²) in [5, 5.41) is 4.04. The summed E-state index contributed by atoms with van der Waals surface area (Å²) in [5.41, 5.74) is -1.67. The molecule has 2 aromatic carbocycles. The molecule has 30 heavy (non-hydrogen) atoms. The van der Waals surface area contributed by atoms with Crippen molar-refractivity contribution >= 4 is 28.8 Å². The van der Waals surface area contributed by atoms with E-state index in [1.54, 1.807) is 36.4 Å². The maximum atomic E-state index is 14.2. The second-order valence-electron chi connectivity index (χ2n) is 6.74. The Labute approximate surface area is 168 Å². The van der Waals surface area contributed by atoms with Crippen LogP contribution in [0.1, 0.15) is 13.3 Å². The molecule has 1 unspecified atom stereocenters. The SMILES string of the molecule is CCC(=O)NC1(C(F)(F)F)C(=O)Nc2nc3c(-c4ccc(OC)cc4)cccc3n21. The summed E-state index contributed by atoms with van der Waals surface area (Å²) in [6, 6.07) is 11.7. The van der Waals surface area contributed by atoms with Gasteiger partial charge in [0.2, 0.25) is 11.9 Å². The first-order valence-corrected chi connectivity index (χ1v) is 9.08. The third-order valence-corrected chi connectivity index (χ3v) is 5.03. The van der Waals surface area contributed by atoms with Crippen molar-refractivity contribution in [1.82, 2.24) is 14.9 Å². The highest BCUT2D eigenvalue weighted by Gasteiger charge is 2.67. The summed E-state index contributed by atoms with van der Waals surface area (Å²) < 4.78 is 48.5. The molecule has 156 valence electrons. The second-order valence-corrected chi connectivity index (χ2v) is 6.74. The molecule has 0 bridgehead atoms. The first-order valence-electron chi connectivity index (χ1n) is 9.08. The molecule has 1 aromatic heterocycles. The van der Waals surface area contributed by atoms with Crippen LogP contribution in [0.2, 0.25) is 0 Å². The van der Waals surface area contributed by atoms with Gasteiger partial charge in [0.15, 0.2) is 0 Å². The van der Waals surface area contributed by atoms with Gasteiger partial charge in [-0.3, -0.25) is 19.5 Å². The Bertz CT molecular complexity index is 1150. The van der Waals surface area contributed by atoms with E-state index in [1.807, 2.05) is 5.32 Å². The molecule has 10 heteroatoms. The van der Waals surface area contributed by atoms with Gasteiger partial charge in [-0.1, -0.05) is 31.2 Å². The van der Waals surface area contributed by atoms with E-state index >= 15 is 0 Å². The smallest absolute Gasteiger partial charge is 0.440 e. The zero-order valence-electron chi connectivity index (χ0n) is 16.0. The number of aromatic nitrogens is 2. The maximum Gasteiger partial charge on any atom is 0.440 e. The molecule has 1 atom stereocenters. The third kappa shape index (κ3) is 2.71. The number of ether oxygens (including phenoxy) is 1. The number of rotatable bonds is 4. The van der Waals surface area contributed by atoms with Crippen molar-refractivity contribution in [2.24, 2.45) is 0 Å². The van der Waals surface area contributed by atoms with Gasteiger partial charge in [-0.25, -0.2) is 4.98 Å². The monoisotopic (exact) mass is 418 g/mol. The van der Waals surface area contributed by atoms with Gasteiger partial charge in [-0.2, -0.15) is 13.2 Å². The average molecular weight is 418 g/mol. The first kappa shape index (κ1) is 19.7. The van der Waals surface area contributed by atoms with Gasteiger partial charge < -0.3 is 10.1 Å². The number of halogens is 3. The number of fused-ring (bicyclic) bond motifs is 3. The summed E-state index contributed by atoms with van der Waals surface area (Å²) in [6.45, 7) is 1.40. The van der Waals surface area contributed by atoms with Crippen LogP contribution in [0, 0.1) is 0 Å². The summed E-state index contributed by atoms with van der Waals surface area (Å²) in [4.78, 5) is 28.7. The number of methoxy groups -OCH3 is 1. The molecule has 1 aliphatic heterocycles. The van der Waals surface area contributed by atoms with Gasteiger partial charge >= 0.3 is 6.18 Å². The highest BCUT2D eigenvalue weighted by molar-refractivity contribution is 6.06. The van der Waals surface area contributed by atoms with Crippen LogP contribution >= 0.6 is 0 Å². The molecular formula is C20H17F3N4O3. The van der Waals surface area contributed by atoms with Crippen LogP contribution in [-0.4, -0.2) is 34.7 Å². The van der Waals surface area contributed by atoms with Crippen molar-refractivity contribution in [3.05, 3.63) is 42.5 Å². The normalized spacial score (nSPS) is 18.2. The van der Waals surface area contributed by atoms with Crippen molar-refractivity contribution in [3.63, 3.8) is 0 Å². The standard InChI is InChI=1S/C20H17F3N4O3/c1-3-15(28)26-19(20(21,22)23)17(29)25-18-24-16-13(5-4-6-14(16)27(18)19)11-7-9-12(30-2)10-8-11/h4-10H,3H2,1-2H3,(H,26,28)(H,24,25,29). The van der Waals surface area contributed by atoms with E-state index in [0.717, 1.165) is 0 Å². The number of carbonyl (C=O) groups is 2. The van der Waals surface area contributed by atoms with E-state index in [0.29, 0.717) is 21.4 Å². The number of hydrogen-bond acceptors (Lipinski definition) is 4. The van der Waals surface area contributed by atoms with Crippen LogP contribution < -0.4 is 15.4 Å². The van der Waals surface area contributed by atoms with Gasteiger partial charge in [0.05, 0.1) is 18.1 Å². The van der Waals surface area contributed by atoms with E-state index in [4.69, 9.17) is 4.74 Å². The minimum absolute atomic E-state index is 0.0606. The van der Waals surface area contributed by atoms with E-state index in [-0.39, 0.29) is 23.4 Å². The van der Waals surface area contributed by atoms with Crippen LogP contribution in [0.15, 0.2) is 42.5 Å². The topological polar surface area (TPSA) is 85.2 Å². The molecule has 0 saturated carbocycles. The van der Waals surface area contributed by atoms with Gasteiger partial charge in [-0.05, 0) is 23.8 Å². The van der Waals surface area contributed by atoms with Crippen molar-refractivity contribution in [3.8, 4) is 16.9 Å². The number of nitrogens with one attached hydrogen (secondary N) is 2. The van der Waals surface area contributed by atoms with Crippen LogP contribution in [-0.2, 0) is 15.3 Å². The molecule has 2 heterocycles. The first-order chi connectivity index (χ1) is 14.2. The fraction of sp³-hybridized carbons (Fsp3) is 0.250. The van der Waals surface area contributed by atoms with Crippen LogP contribution in [0.3, 0.4) is 0 Å². The zero-order valence-corrected chi connectivity index (χ0v) is 16.0. The summed E-state index contributed by atoms with van der Waals surface area (Å²) in [6.07, 6.45) is -5.32. The maximum absolute atomic E-state index is 14.2. The Morgan fingerprint density at radius 2 is 1.93 bits per heavy atom.